The number of halogens is 2. The van der Waals surface area contributed by atoms with E-state index in [0.29, 0.717) is 27.0 Å². The van der Waals surface area contributed by atoms with Crippen LogP contribution in [0.25, 0.3) is 0 Å². The van der Waals surface area contributed by atoms with Crippen molar-refractivity contribution in [1.29, 1.82) is 0 Å². The summed E-state index contributed by atoms with van der Waals surface area (Å²) in [6.45, 7) is 1.60. The van der Waals surface area contributed by atoms with Crippen molar-refractivity contribution in [2.24, 2.45) is 5.73 Å². The highest BCUT2D eigenvalue weighted by Crippen LogP contribution is 2.25. The van der Waals surface area contributed by atoms with E-state index >= 15 is 0 Å². The molecule has 0 radical (unpaired) electrons. The third-order valence-corrected chi connectivity index (χ3v) is 3.39. The number of nitrogens with one attached hydrogen (secondary N) is 1. The van der Waals surface area contributed by atoms with Crippen LogP contribution in [0.3, 0.4) is 0 Å². The molecular formula is C16H14Cl2N2O3. The Kier molecular flexibility index (Phi) is 5.47. The summed E-state index contributed by atoms with van der Waals surface area (Å²) in [5.74, 6) is -0.487. The van der Waals surface area contributed by atoms with Crippen LogP contribution in [0.5, 0.6) is 5.75 Å². The highest BCUT2D eigenvalue weighted by molar-refractivity contribution is 6.34. The lowest BCUT2D eigenvalue weighted by atomic mass is 10.2. The largest absolute Gasteiger partial charge is 0.481 e. The van der Waals surface area contributed by atoms with Crippen LogP contribution in [-0.2, 0) is 4.79 Å². The highest BCUT2D eigenvalue weighted by Gasteiger charge is 2.15. The summed E-state index contributed by atoms with van der Waals surface area (Å²) >= 11 is 11.8. The highest BCUT2D eigenvalue weighted by atomic mass is 35.5. The van der Waals surface area contributed by atoms with Crippen molar-refractivity contribution in [2.45, 2.75) is 13.0 Å². The zero-order valence-corrected chi connectivity index (χ0v) is 13.7. The van der Waals surface area contributed by atoms with Crippen molar-refractivity contribution < 1.29 is 14.3 Å². The van der Waals surface area contributed by atoms with E-state index in [1.165, 1.54) is 12.1 Å². The number of ether oxygens (including phenoxy) is 1. The van der Waals surface area contributed by atoms with Crippen LogP contribution in [0.4, 0.5) is 5.69 Å². The van der Waals surface area contributed by atoms with Crippen molar-refractivity contribution in [1.82, 2.24) is 0 Å². The van der Waals surface area contributed by atoms with E-state index in [1.54, 1.807) is 37.3 Å². The first kappa shape index (κ1) is 17.1. The van der Waals surface area contributed by atoms with Gasteiger partial charge in [-0.1, -0.05) is 23.2 Å². The Balaban J connectivity index is 2.00. The third-order valence-electron chi connectivity index (χ3n) is 2.96. The smallest absolute Gasteiger partial charge is 0.265 e. The predicted octanol–water partition coefficient (Wildman–Crippen LogP) is 3.50. The number of primary amides is 1. The van der Waals surface area contributed by atoms with Gasteiger partial charge in [-0.05, 0) is 49.4 Å². The maximum atomic E-state index is 12.1. The lowest BCUT2D eigenvalue weighted by Crippen LogP contribution is -2.30. The average molecular weight is 353 g/mol. The van der Waals surface area contributed by atoms with Crippen LogP contribution >= 0.6 is 23.2 Å². The fraction of sp³-hybridized carbons (Fsp3) is 0.125. The topological polar surface area (TPSA) is 81.4 Å². The second-order valence-corrected chi connectivity index (χ2v) is 5.67. The maximum Gasteiger partial charge on any atom is 0.265 e. The van der Waals surface area contributed by atoms with E-state index in [4.69, 9.17) is 33.7 Å². The van der Waals surface area contributed by atoms with Crippen LogP contribution in [0.15, 0.2) is 42.5 Å². The molecule has 0 aliphatic rings. The Hall–Kier alpha value is -2.24. The van der Waals surface area contributed by atoms with Gasteiger partial charge in [0.15, 0.2) is 6.10 Å². The summed E-state index contributed by atoms with van der Waals surface area (Å²) in [7, 11) is 0. The number of benzene rings is 2. The van der Waals surface area contributed by atoms with Gasteiger partial charge in [-0.25, -0.2) is 0 Å². The van der Waals surface area contributed by atoms with Gasteiger partial charge < -0.3 is 15.8 Å². The van der Waals surface area contributed by atoms with Gasteiger partial charge in [0.1, 0.15) is 5.75 Å². The standard InChI is InChI=1S/C16H14Cl2N2O3/c1-9(23-14-7-11(17)6-12(18)8-14)16(22)20-13-4-2-10(3-5-13)15(19)21/h2-9H,1H3,(H2,19,21)(H,20,22)/t9-/m0/s1. The van der Waals surface area contributed by atoms with Crippen molar-refractivity contribution in [3.8, 4) is 5.75 Å². The molecule has 3 N–H and O–H groups in total. The molecule has 23 heavy (non-hydrogen) atoms. The number of rotatable bonds is 5. The van der Waals surface area contributed by atoms with Crippen molar-refractivity contribution in [2.75, 3.05) is 5.32 Å². The minimum atomic E-state index is -0.764. The van der Waals surface area contributed by atoms with Crippen molar-refractivity contribution in [3.63, 3.8) is 0 Å². The second-order valence-electron chi connectivity index (χ2n) is 4.80. The monoisotopic (exact) mass is 352 g/mol. The second kappa shape index (κ2) is 7.35. The van der Waals surface area contributed by atoms with Gasteiger partial charge in [0.25, 0.3) is 5.91 Å². The summed E-state index contributed by atoms with van der Waals surface area (Å²) in [6, 6.07) is 10.9. The van der Waals surface area contributed by atoms with Crippen LogP contribution < -0.4 is 15.8 Å². The van der Waals surface area contributed by atoms with Gasteiger partial charge >= 0.3 is 0 Å². The number of hydrogen-bond acceptors (Lipinski definition) is 3. The predicted molar refractivity (Wildman–Crippen MR) is 90.1 cm³/mol. The number of nitrogens with two attached hydrogens (primary N) is 1. The molecule has 2 aromatic carbocycles. The average Bonchev–Trinajstić information content (AvgIpc) is 2.46. The number of hydrogen-bond donors (Lipinski definition) is 2. The van der Waals surface area contributed by atoms with Crippen LogP contribution in [-0.4, -0.2) is 17.9 Å². The minimum absolute atomic E-state index is 0.354. The Morgan fingerprint density at radius 2 is 1.65 bits per heavy atom. The molecule has 0 saturated carbocycles. The quantitative estimate of drug-likeness (QED) is 0.863. The Morgan fingerprint density at radius 3 is 2.17 bits per heavy atom. The van der Waals surface area contributed by atoms with Gasteiger partial charge in [-0.3, -0.25) is 9.59 Å². The molecular weight excluding hydrogens is 339 g/mol. The summed E-state index contributed by atoms with van der Waals surface area (Å²) in [5.41, 5.74) is 6.05. The molecule has 0 bridgehead atoms. The third kappa shape index (κ3) is 4.87. The normalized spacial score (nSPS) is 11.6. The molecule has 0 saturated heterocycles. The molecule has 0 spiro atoms. The van der Waals surface area contributed by atoms with E-state index in [9.17, 15) is 9.59 Å². The molecule has 0 aliphatic carbocycles. The van der Waals surface area contributed by atoms with Gasteiger partial charge in [-0.2, -0.15) is 0 Å². The molecule has 2 amide bonds. The van der Waals surface area contributed by atoms with Gasteiger partial charge in [0.05, 0.1) is 0 Å². The summed E-state index contributed by atoms with van der Waals surface area (Å²) in [5, 5.41) is 3.51. The Bertz CT molecular complexity index is 712. The van der Waals surface area contributed by atoms with E-state index < -0.39 is 12.0 Å². The summed E-state index contributed by atoms with van der Waals surface area (Å²) in [6.07, 6.45) is -0.764. The van der Waals surface area contributed by atoms with E-state index in [0.717, 1.165) is 0 Å². The first-order chi connectivity index (χ1) is 10.8. The molecule has 7 heteroatoms. The maximum absolute atomic E-state index is 12.1. The molecule has 0 aromatic heterocycles. The van der Waals surface area contributed by atoms with E-state index in [2.05, 4.69) is 5.32 Å². The van der Waals surface area contributed by atoms with E-state index in [-0.39, 0.29) is 5.91 Å². The van der Waals surface area contributed by atoms with E-state index in [1.807, 2.05) is 0 Å². The Morgan fingerprint density at radius 1 is 1.09 bits per heavy atom. The molecule has 0 unspecified atom stereocenters. The molecule has 0 aliphatic heterocycles. The first-order valence-corrected chi connectivity index (χ1v) is 7.44. The molecule has 5 nitrogen and oxygen atoms in total. The molecule has 1 atom stereocenters. The van der Waals surface area contributed by atoms with Gasteiger partial charge in [-0.15, -0.1) is 0 Å². The zero-order chi connectivity index (χ0) is 17.0. The summed E-state index contributed by atoms with van der Waals surface area (Å²) in [4.78, 5) is 23.1. The van der Waals surface area contributed by atoms with Crippen LogP contribution in [0.2, 0.25) is 10.0 Å². The van der Waals surface area contributed by atoms with Crippen molar-refractivity contribution >= 4 is 40.7 Å². The van der Waals surface area contributed by atoms with Gasteiger partial charge in [0, 0.05) is 21.3 Å². The molecule has 0 heterocycles. The first-order valence-electron chi connectivity index (χ1n) is 6.68. The lowest BCUT2D eigenvalue weighted by Gasteiger charge is -2.15. The SMILES string of the molecule is C[C@H](Oc1cc(Cl)cc(Cl)c1)C(=O)Nc1ccc(C(N)=O)cc1. The number of anilines is 1. The van der Waals surface area contributed by atoms with Crippen molar-refractivity contribution in [3.05, 3.63) is 58.1 Å². The molecule has 2 aromatic rings. The number of carbonyl (C=O) groups excluding carboxylic acids is 2. The fourth-order valence-electron chi connectivity index (χ4n) is 1.82. The zero-order valence-electron chi connectivity index (χ0n) is 12.2. The number of amides is 2. The lowest BCUT2D eigenvalue weighted by molar-refractivity contribution is -0.122. The molecule has 0 fully saturated rings. The molecule has 2 rings (SSSR count). The van der Waals surface area contributed by atoms with Gasteiger partial charge in [0.2, 0.25) is 5.91 Å². The van der Waals surface area contributed by atoms with Crippen LogP contribution in [0.1, 0.15) is 17.3 Å². The van der Waals surface area contributed by atoms with Crippen LogP contribution in [0, 0.1) is 0 Å². The minimum Gasteiger partial charge on any atom is -0.481 e. The Labute approximate surface area is 143 Å². The summed E-state index contributed by atoms with van der Waals surface area (Å²) < 4.78 is 5.52. The fourth-order valence-corrected chi connectivity index (χ4v) is 2.32. The number of carbonyl (C=O) groups is 2. The molecule has 120 valence electrons.